The third-order valence-corrected chi connectivity index (χ3v) is 4.72. The van der Waals surface area contributed by atoms with Crippen LogP contribution >= 0.6 is 0 Å². The van der Waals surface area contributed by atoms with Crippen molar-refractivity contribution in [2.75, 3.05) is 24.5 Å². The highest BCUT2D eigenvalue weighted by Gasteiger charge is 2.21. The predicted octanol–water partition coefficient (Wildman–Crippen LogP) is 2.88. The van der Waals surface area contributed by atoms with Gasteiger partial charge in [0.1, 0.15) is 0 Å². The van der Waals surface area contributed by atoms with E-state index in [1.54, 1.807) is 0 Å². The van der Waals surface area contributed by atoms with Crippen LogP contribution in [0.2, 0.25) is 0 Å². The van der Waals surface area contributed by atoms with Gasteiger partial charge in [-0.3, -0.25) is 4.79 Å². The van der Waals surface area contributed by atoms with Crippen molar-refractivity contribution in [3.05, 3.63) is 42.1 Å². The minimum Gasteiger partial charge on any atom is -0.352 e. The lowest BCUT2D eigenvalue weighted by molar-refractivity contribution is 0.0952. The molecule has 1 aromatic carbocycles. The van der Waals surface area contributed by atoms with Gasteiger partial charge < -0.3 is 10.2 Å². The molecule has 5 nitrogen and oxygen atoms in total. The number of aromatic nitrogens is 2. The summed E-state index contributed by atoms with van der Waals surface area (Å²) in [5.41, 5.74) is 2.61. The number of carbonyl (C=O) groups excluding carboxylic acids is 1. The van der Waals surface area contributed by atoms with E-state index < -0.39 is 0 Å². The van der Waals surface area contributed by atoms with Gasteiger partial charge in [-0.2, -0.15) is 0 Å². The maximum Gasteiger partial charge on any atom is 0.251 e. The van der Waals surface area contributed by atoms with Gasteiger partial charge in [-0.1, -0.05) is 12.1 Å². The molecule has 1 saturated carbocycles. The number of benzene rings is 1. The van der Waals surface area contributed by atoms with Crippen molar-refractivity contribution < 1.29 is 4.79 Å². The van der Waals surface area contributed by atoms with E-state index >= 15 is 0 Å². The maximum atomic E-state index is 12.1. The zero-order valence-electron chi connectivity index (χ0n) is 13.7. The van der Waals surface area contributed by atoms with Gasteiger partial charge in [0.05, 0.1) is 5.69 Å². The molecule has 5 heteroatoms. The predicted molar refractivity (Wildman–Crippen MR) is 94.0 cm³/mol. The second kappa shape index (κ2) is 6.59. The SMILES string of the molecule is O=C(NCC1CC1)c1ccc(-c2ccnc(N3CCCC3)n2)cc1. The van der Waals surface area contributed by atoms with Gasteiger partial charge in [-0.05, 0) is 49.8 Å². The number of hydrogen-bond donors (Lipinski definition) is 1. The number of hydrogen-bond acceptors (Lipinski definition) is 4. The molecular weight excluding hydrogens is 300 g/mol. The first-order chi connectivity index (χ1) is 11.8. The fraction of sp³-hybridized carbons (Fsp3) is 0.421. The van der Waals surface area contributed by atoms with Crippen LogP contribution in [0.25, 0.3) is 11.3 Å². The Morgan fingerprint density at radius 1 is 1.12 bits per heavy atom. The van der Waals surface area contributed by atoms with Crippen molar-refractivity contribution in [2.45, 2.75) is 25.7 Å². The van der Waals surface area contributed by atoms with Gasteiger partial charge in [-0.15, -0.1) is 0 Å². The summed E-state index contributed by atoms with van der Waals surface area (Å²) in [6, 6.07) is 9.58. The lowest BCUT2D eigenvalue weighted by atomic mass is 10.1. The van der Waals surface area contributed by atoms with E-state index in [0.29, 0.717) is 11.5 Å². The van der Waals surface area contributed by atoms with Crippen LogP contribution < -0.4 is 10.2 Å². The zero-order chi connectivity index (χ0) is 16.4. The van der Waals surface area contributed by atoms with E-state index in [1.165, 1.54) is 25.7 Å². The number of amides is 1. The number of anilines is 1. The van der Waals surface area contributed by atoms with E-state index in [4.69, 9.17) is 0 Å². The third kappa shape index (κ3) is 3.40. The monoisotopic (exact) mass is 322 g/mol. The molecule has 1 aliphatic heterocycles. The summed E-state index contributed by atoms with van der Waals surface area (Å²) in [4.78, 5) is 23.4. The minimum absolute atomic E-state index is 0.00823. The largest absolute Gasteiger partial charge is 0.352 e. The summed E-state index contributed by atoms with van der Waals surface area (Å²) < 4.78 is 0. The van der Waals surface area contributed by atoms with E-state index in [1.807, 2.05) is 36.5 Å². The van der Waals surface area contributed by atoms with Crippen LogP contribution in [0.5, 0.6) is 0 Å². The first kappa shape index (κ1) is 15.1. The smallest absolute Gasteiger partial charge is 0.251 e. The molecule has 4 rings (SSSR count). The molecule has 2 heterocycles. The summed E-state index contributed by atoms with van der Waals surface area (Å²) in [6.07, 6.45) is 6.71. The maximum absolute atomic E-state index is 12.1. The zero-order valence-corrected chi connectivity index (χ0v) is 13.7. The Bertz CT molecular complexity index is 718. The van der Waals surface area contributed by atoms with Crippen LogP contribution in [-0.4, -0.2) is 35.5 Å². The summed E-state index contributed by atoms with van der Waals surface area (Å²) >= 11 is 0. The van der Waals surface area contributed by atoms with Crippen molar-refractivity contribution in [3.63, 3.8) is 0 Å². The van der Waals surface area contributed by atoms with Gasteiger partial charge in [0.2, 0.25) is 5.95 Å². The summed E-state index contributed by atoms with van der Waals surface area (Å²) in [5, 5.41) is 3.00. The van der Waals surface area contributed by atoms with Gasteiger partial charge in [-0.25, -0.2) is 9.97 Å². The highest BCUT2D eigenvalue weighted by atomic mass is 16.1. The molecule has 0 bridgehead atoms. The molecule has 124 valence electrons. The Morgan fingerprint density at radius 3 is 2.58 bits per heavy atom. The molecule has 2 fully saturated rings. The molecule has 1 N–H and O–H groups in total. The highest BCUT2D eigenvalue weighted by molar-refractivity contribution is 5.94. The summed E-state index contributed by atoms with van der Waals surface area (Å²) in [7, 11) is 0. The van der Waals surface area contributed by atoms with Gasteiger partial charge >= 0.3 is 0 Å². The van der Waals surface area contributed by atoms with Crippen LogP contribution in [0, 0.1) is 5.92 Å². The van der Waals surface area contributed by atoms with Crippen molar-refractivity contribution in [2.24, 2.45) is 5.92 Å². The second-order valence-corrected chi connectivity index (χ2v) is 6.67. The normalized spacial score (nSPS) is 17.1. The Kier molecular flexibility index (Phi) is 4.15. The molecule has 1 amide bonds. The number of nitrogens with one attached hydrogen (secondary N) is 1. The van der Waals surface area contributed by atoms with Gasteiger partial charge in [0.25, 0.3) is 5.91 Å². The average Bonchev–Trinajstić information content (AvgIpc) is 3.30. The van der Waals surface area contributed by atoms with Crippen molar-refractivity contribution >= 4 is 11.9 Å². The fourth-order valence-corrected chi connectivity index (χ4v) is 3.03. The molecule has 2 aliphatic rings. The Labute approximate surface area is 142 Å². The van der Waals surface area contributed by atoms with Crippen LogP contribution in [0.4, 0.5) is 5.95 Å². The van der Waals surface area contributed by atoms with E-state index in [2.05, 4.69) is 20.2 Å². The second-order valence-electron chi connectivity index (χ2n) is 6.67. The van der Waals surface area contributed by atoms with Gasteiger partial charge in [0, 0.05) is 37.0 Å². The molecule has 0 atom stereocenters. The molecule has 1 aromatic heterocycles. The minimum atomic E-state index is 0.00823. The van der Waals surface area contributed by atoms with E-state index in [-0.39, 0.29) is 5.91 Å². The first-order valence-electron chi connectivity index (χ1n) is 8.76. The topological polar surface area (TPSA) is 58.1 Å². The Hall–Kier alpha value is -2.43. The lowest BCUT2D eigenvalue weighted by Crippen LogP contribution is -2.25. The lowest BCUT2D eigenvalue weighted by Gasteiger charge is -2.15. The Balaban J connectivity index is 1.47. The highest BCUT2D eigenvalue weighted by Crippen LogP contribution is 2.27. The standard InChI is InChI=1S/C19H22N4O/c24-18(21-13-14-3-4-14)16-7-5-15(6-8-16)17-9-10-20-19(22-17)23-11-1-2-12-23/h5-10,14H,1-4,11-13H2,(H,21,24). The molecule has 0 unspecified atom stereocenters. The Morgan fingerprint density at radius 2 is 1.88 bits per heavy atom. The average molecular weight is 322 g/mol. The van der Waals surface area contributed by atoms with E-state index in [0.717, 1.165) is 36.8 Å². The van der Waals surface area contributed by atoms with Gasteiger partial charge in [0.15, 0.2) is 0 Å². The molecule has 1 saturated heterocycles. The molecule has 0 spiro atoms. The fourth-order valence-electron chi connectivity index (χ4n) is 3.03. The number of rotatable bonds is 5. The quantitative estimate of drug-likeness (QED) is 0.919. The number of nitrogens with zero attached hydrogens (tertiary/aromatic N) is 3. The van der Waals surface area contributed by atoms with Crippen molar-refractivity contribution in [1.29, 1.82) is 0 Å². The van der Waals surface area contributed by atoms with Crippen LogP contribution in [-0.2, 0) is 0 Å². The first-order valence-corrected chi connectivity index (χ1v) is 8.76. The number of carbonyl (C=O) groups is 1. The van der Waals surface area contributed by atoms with Crippen LogP contribution in [0.1, 0.15) is 36.0 Å². The van der Waals surface area contributed by atoms with Crippen LogP contribution in [0.3, 0.4) is 0 Å². The molecule has 24 heavy (non-hydrogen) atoms. The third-order valence-electron chi connectivity index (χ3n) is 4.72. The summed E-state index contributed by atoms with van der Waals surface area (Å²) in [6.45, 7) is 2.86. The molecule has 0 radical (unpaired) electrons. The van der Waals surface area contributed by atoms with E-state index in [9.17, 15) is 4.79 Å². The molecular formula is C19H22N4O. The van der Waals surface area contributed by atoms with Crippen molar-refractivity contribution in [1.82, 2.24) is 15.3 Å². The van der Waals surface area contributed by atoms with Crippen molar-refractivity contribution in [3.8, 4) is 11.3 Å². The molecule has 1 aliphatic carbocycles. The summed E-state index contributed by atoms with van der Waals surface area (Å²) in [5.74, 6) is 1.50. The van der Waals surface area contributed by atoms with Crippen LogP contribution in [0.15, 0.2) is 36.5 Å². The molecule has 2 aromatic rings.